The van der Waals surface area contributed by atoms with Gasteiger partial charge in [-0.3, -0.25) is 4.79 Å². The van der Waals surface area contributed by atoms with Gasteiger partial charge < -0.3 is 9.64 Å². The van der Waals surface area contributed by atoms with Crippen molar-refractivity contribution in [3.63, 3.8) is 0 Å². The van der Waals surface area contributed by atoms with Gasteiger partial charge in [-0.05, 0) is 68.7 Å². The number of hydrogen-bond donors (Lipinski definition) is 0. The van der Waals surface area contributed by atoms with Gasteiger partial charge in [0.2, 0.25) is 5.91 Å². The summed E-state index contributed by atoms with van der Waals surface area (Å²) in [5.74, 6) is 0.505. The molecule has 0 bridgehead atoms. The highest BCUT2D eigenvalue weighted by molar-refractivity contribution is 6.32. The van der Waals surface area contributed by atoms with Crippen LogP contribution in [0.25, 0.3) is 0 Å². The molecule has 0 radical (unpaired) electrons. The number of amidine groups is 1. The minimum absolute atomic E-state index is 0.00725. The molecular formula is C30H30ClN3O3. The Bertz CT molecular complexity index is 1350. The van der Waals surface area contributed by atoms with Crippen molar-refractivity contribution in [1.82, 2.24) is 4.90 Å². The molecule has 1 saturated heterocycles. The Morgan fingerprint density at radius 2 is 1.70 bits per heavy atom. The number of hydrogen-bond acceptors (Lipinski definition) is 4. The van der Waals surface area contributed by atoms with Crippen LogP contribution in [0.3, 0.4) is 0 Å². The number of carbonyl (C=O) groups is 2. The lowest BCUT2D eigenvalue weighted by Crippen LogP contribution is -2.52. The van der Waals surface area contributed by atoms with Crippen LogP contribution in [0.4, 0.5) is 16.2 Å². The second kappa shape index (κ2) is 9.67. The van der Waals surface area contributed by atoms with Crippen LogP contribution >= 0.6 is 11.6 Å². The van der Waals surface area contributed by atoms with Gasteiger partial charge in [-0.2, -0.15) is 0 Å². The van der Waals surface area contributed by atoms with Gasteiger partial charge in [0, 0.05) is 24.5 Å². The number of halogens is 1. The number of piperidine rings is 1. The van der Waals surface area contributed by atoms with Crippen LogP contribution < -0.4 is 4.90 Å². The molecule has 2 aliphatic heterocycles. The van der Waals surface area contributed by atoms with Gasteiger partial charge in [0.05, 0.1) is 16.8 Å². The second-order valence-corrected chi connectivity index (χ2v) is 11.0. The van der Waals surface area contributed by atoms with Crippen molar-refractivity contribution >= 4 is 40.8 Å². The molecule has 1 spiro atoms. The van der Waals surface area contributed by atoms with Crippen LogP contribution in [0.1, 0.15) is 44.7 Å². The number of likely N-dealkylation sites (tertiary alicyclic amines) is 1. The largest absolute Gasteiger partial charge is 0.443 e. The Kier molecular flexibility index (Phi) is 6.54. The number of anilines is 1. The fourth-order valence-electron chi connectivity index (χ4n) is 5.11. The molecular weight excluding hydrogens is 486 g/mol. The molecule has 1 fully saturated rings. The SMILES string of the molecule is CC(C)(C)OC(=O)N1C(=Nc2ccccc2)C2(CCN(Cc3ccccc3)C(=O)C2)c2cc(Cl)ccc21. The van der Waals surface area contributed by atoms with E-state index in [1.165, 1.54) is 4.90 Å². The molecule has 1 unspecified atom stereocenters. The maximum atomic E-state index is 13.7. The highest BCUT2D eigenvalue weighted by Crippen LogP contribution is 2.51. The summed E-state index contributed by atoms with van der Waals surface area (Å²) in [6, 6.07) is 24.9. The number of carbonyl (C=O) groups excluding carboxylic acids is 2. The lowest BCUT2D eigenvalue weighted by molar-refractivity contribution is -0.135. The van der Waals surface area contributed by atoms with Crippen molar-refractivity contribution in [2.45, 2.75) is 51.2 Å². The predicted molar refractivity (Wildman–Crippen MR) is 146 cm³/mol. The van der Waals surface area contributed by atoms with Gasteiger partial charge in [-0.25, -0.2) is 14.7 Å². The molecule has 1 atom stereocenters. The average molecular weight is 516 g/mol. The first-order valence-corrected chi connectivity index (χ1v) is 12.8. The van der Waals surface area contributed by atoms with Crippen molar-refractivity contribution in [2.24, 2.45) is 4.99 Å². The smallest absolute Gasteiger partial charge is 0.420 e. The Hall–Kier alpha value is -3.64. The van der Waals surface area contributed by atoms with E-state index in [9.17, 15) is 9.59 Å². The summed E-state index contributed by atoms with van der Waals surface area (Å²) in [5, 5.41) is 0.544. The minimum atomic E-state index is -0.808. The number of para-hydroxylation sites is 1. The molecule has 2 heterocycles. The molecule has 3 aromatic rings. The maximum absolute atomic E-state index is 13.7. The van der Waals surface area contributed by atoms with E-state index in [2.05, 4.69) is 0 Å². The number of rotatable bonds is 3. The van der Waals surface area contributed by atoms with Crippen LogP contribution in [0.15, 0.2) is 83.9 Å². The highest BCUT2D eigenvalue weighted by Gasteiger charge is 2.55. The van der Waals surface area contributed by atoms with Crippen molar-refractivity contribution < 1.29 is 14.3 Å². The summed E-state index contributed by atoms with van der Waals surface area (Å²) in [6.45, 7) is 6.56. The van der Waals surface area contributed by atoms with Gasteiger partial charge in [-0.15, -0.1) is 0 Å². The standard InChI is InChI=1S/C30H30ClN3O3/c1-29(2,3)37-28(36)34-25-15-14-22(31)18-24(25)30(27(34)32-23-12-8-5-9-13-23)16-17-33(26(35)19-30)20-21-10-6-4-7-11-21/h4-15,18H,16-17,19-20H2,1-3H3. The zero-order valence-electron chi connectivity index (χ0n) is 21.3. The van der Waals surface area contributed by atoms with Gasteiger partial charge >= 0.3 is 6.09 Å². The fraction of sp³-hybridized carbons (Fsp3) is 0.300. The number of benzene rings is 3. The van der Waals surface area contributed by atoms with Gasteiger partial charge in [0.15, 0.2) is 0 Å². The first kappa shape index (κ1) is 25.0. The summed E-state index contributed by atoms with van der Waals surface area (Å²) >= 11 is 6.47. The van der Waals surface area contributed by atoms with E-state index in [1.54, 1.807) is 6.07 Å². The molecule has 0 saturated carbocycles. The van der Waals surface area contributed by atoms with E-state index in [0.717, 1.165) is 11.1 Å². The summed E-state index contributed by atoms with van der Waals surface area (Å²) in [6.07, 6.45) is 0.254. The van der Waals surface area contributed by atoms with Crippen LogP contribution in [0.2, 0.25) is 5.02 Å². The first-order chi connectivity index (χ1) is 17.7. The van der Waals surface area contributed by atoms with E-state index >= 15 is 0 Å². The summed E-state index contributed by atoms with van der Waals surface area (Å²) in [5.41, 5.74) is 1.74. The van der Waals surface area contributed by atoms with Gasteiger partial charge in [0.25, 0.3) is 0 Å². The van der Waals surface area contributed by atoms with E-state index in [4.69, 9.17) is 21.3 Å². The predicted octanol–water partition coefficient (Wildman–Crippen LogP) is 6.89. The van der Waals surface area contributed by atoms with E-state index in [0.29, 0.717) is 41.7 Å². The number of nitrogens with zero attached hydrogens (tertiary/aromatic N) is 3. The maximum Gasteiger partial charge on any atom is 0.420 e. The van der Waals surface area contributed by atoms with Crippen molar-refractivity contribution in [3.8, 4) is 0 Å². The molecule has 0 aliphatic carbocycles. The minimum Gasteiger partial charge on any atom is -0.443 e. The first-order valence-electron chi connectivity index (χ1n) is 12.5. The third-order valence-electron chi connectivity index (χ3n) is 6.75. The molecule has 37 heavy (non-hydrogen) atoms. The second-order valence-electron chi connectivity index (χ2n) is 10.6. The third kappa shape index (κ3) is 4.98. The summed E-state index contributed by atoms with van der Waals surface area (Å²) in [7, 11) is 0. The number of amides is 2. The van der Waals surface area contributed by atoms with Gasteiger partial charge in [0.1, 0.15) is 11.4 Å². The van der Waals surface area contributed by atoms with Crippen molar-refractivity contribution in [1.29, 1.82) is 0 Å². The molecule has 190 valence electrons. The quantitative estimate of drug-likeness (QED) is 0.381. The lowest BCUT2D eigenvalue weighted by Gasteiger charge is -2.40. The third-order valence-corrected chi connectivity index (χ3v) is 6.99. The normalized spacial score (nSPS) is 20.4. The van der Waals surface area contributed by atoms with Crippen LogP contribution in [0, 0.1) is 0 Å². The molecule has 6 nitrogen and oxygen atoms in total. The molecule has 3 aromatic carbocycles. The topological polar surface area (TPSA) is 62.2 Å². The summed E-state index contributed by atoms with van der Waals surface area (Å²) in [4.78, 5) is 35.7. The van der Waals surface area contributed by atoms with Crippen LogP contribution in [-0.4, -0.2) is 34.9 Å². The molecule has 2 aliphatic rings. The van der Waals surface area contributed by atoms with Crippen molar-refractivity contribution in [3.05, 3.63) is 95.0 Å². The van der Waals surface area contributed by atoms with Crippen LogP contribution in [0.5, 0.6) is 0 Å². The highest BCUT2D eigenvalue weighted by atomic mass is 35.5. The number of fused-ring (bicyclic) bond motifs is 2. The molecule has 7 heteroatoms. The molecule has 5 rings (SSSR count). The Labute approximate surface area is 222 Å². The number of ether oxygens (including phenoxy) is 1. The van der Waals surface area contributed by atoms with E-state index in [1.807, 2.05) is 98.5 Å². The monoisotopic (exact) mass is 515 g/mol. The van der Waals surface area contributed by atoms with E-state index in [-0.39, 0.29) is 12.3 Å². The molecule has 0 aromatic heterocycles. The Balaban J connectivity index is 1.60. The molecule has 2 amide bonds. The zero-order chi connectivity index (χ0) is 26.2. The number of aliphatic imine (C=N–C) groups is 1. The van der Waals surface area contributed by atoms with E-state index < -0.39 is 17.1 Å². The lowest BCUT2D eigenvalue weighted by atomic mass is 9.73. The van der Waals surface area contributed by atoms with Gasteiger partial charge in [-0.1, -0.05) is 60.1 Å². The van der Waals surface area contributed by atoms with Crippen molar-refractivity contribution in [2.75, 3.05) is 11.4 Å². The molecule has 0 N–H and O–H groups in total. The average Bonchev–Trinajstić information content (AvgIpc) is 3.09. The Morgan fingerprint density at radius 1 is 1.03 bits per heavy atom. The van der Waals surface area contributed by atoms with Crippen LogP contribution in [-0.2, 0) is 21.5 Å². The Morgan fingerprint density at radius 3 is 2.35 bits per heavy atom. The summed E-state index contributed by atoms with van der Waals surface area (Å²) < 4.78 is 5.82. The zero-order valence-corrected chi connectivity index (χ0v) is 22.0. The fourth-order valence-corrected chi connectivity index (χ4v) is 5.28.